The van der Waals surface area contributed by atoms with Gasteiger partial charge in [-0.05, 0) is 44.9 Å². The van der Waals surface area contributed by atoms with Gasteiger partial charge in [-0.1, -0.05) is 79.8 Å². The Bertz CT molecular complexity index is 462. The maximum atomic E-state index is 10.3. The smallest absolute Gasteiger partial charge is 0.303 e. The Hall–Kier alpha value is -2.09. The highest BCUT2D eigenvalue weighted by Gasteiger charge is 1.90. The van der Waals surface area contributed by atoms with Crippen LogP contribution in [0.5, 0.6) is 0 Å². The van der Waals surface area contributed by atoms with Crippen LogP contribution >= 0.6 is 0 Å². The van der Waals surface area contributed by atoms with Crippen molar-refractivity contribution < 1.29 is 9.90 Å². The van der Waals surface area contributed by atoms with Gasteiger partial charge in [0.2, 0.25) is 0 Å². The van der Waals surface area contributed by atoms with Crippen molar-refractivity contribution in [2.24, 2.45) is 0 Å². The van der Waals surface area contributed by atoms with Gasteiger partial charge in [-0.25, -0.2) is 0 Å². The van der Waals surface area contributed by atoms with Crippen LogP contribution in [-0.4, -0.2) is 11.1 Å². The predicted molar refractivity (Wildman–Crippen MR) is 105 cm³/mol. The Morgan fingerprint density at radius 1 is 0.625 bits per heavy atom. The molecular formula is C22H32O2. The van der Waals surface area contributed by atoms with Gasteiger partial charge in [0, 0.05) is 6.42 Å². The standard InChI is InChI=1S/C22H32O2/c1-2-3-4-5-6-7-8-9-10-11-12-13-14-15-16-17-18-19-20-21-22(23)24/h3-4,6-7,9-10,12-13,15-16,18-19H,2,5,8,11,14,17,20-21H2,1H3,(H,23,24)/b4-3+,7-6-,10-9-,13-12+,16-15-,19-18-. The number of carbonyl (C=O) groups is 1. The van der Waals surface area contributed by atoms with Gasteiger partial charge in [0.25, 0.3) is 0 Å². The average Bonchev–Trinajstić information content (AvgIpc) is 2.56. The molecule has 0 unspecified atom stereocenters. The number of hydrogen-bond acceptors (Lipinski definition) is 1. The van der Waals surface area contributed by atoms with Gasteiger partial charge in [0.1, 0.15) is 0 Å². The first-order valence-electron chi connectivity index (χ1n) is 8.89. The maximum Gasteiger partial charge on any atom is 0.303 e. The monoisotopic (exact) mass is 328 g/mol. The largest absolute Gasteiger partial charge is 0.481 e. The minimum absolute atomic E-state index is 0.210. The summed E-state index contributed by atoms with van der Waals surface area (Å²) in [5.41, 5.74) is 0. The zero-order valence-corrected chi connectivity index (χ0v) is 14.9. The van der Waals surface area contributed by atoms with Crippen LogP contribution in [0.15, 0.2) is 72.9 Å². The summed E-state index contributed by atoms with van der Waals surface area (Å²) in [7, 11) is 0. The summed E-state index contributed by atoms with van der Waals surface area (Å²) in [5, 5.41) is 8.49. The van der Waals surface area contributed by atoms with E-state index in [2.05, 4.69) is 67.7 Å². The maximum absolute atomic E-state index is 10.3. The molecule has 0 aliphatic heterocycles. The lowest BCUT2D eigenvalue weighted by Gasteiger charge is -1.87. The summed E-state index contributed by atoms with van der Waals surface area (Å²) in [6, 6.07) is 0. The topological polar surface area (TPSA) is 37.3 Å². The molecule has 0 heterocycles. The van der Waals surface area contributed by atoms with E-state index in [0.29, 0.717) is 6.42 Å². The van der Waals surface area contributed by atoms with Gasteiger partial charge in [-0.3, -0.25) is 4.79 Å². The highest BCUT2D eigenvalue weighted by Crippen LogP contribution is 1.97. The first-order valence-corrected chi connectivity index (χ1v) is 8.89. The second-order valence-corrected chi connectivity index (χ2v) is 5.35. The SMILES string of the molecule is CC/C=C/C/C=C\C/C=C\C/C=C/C/C=C\C/C=C\CCC(=O)O. The van der Waals surface area contributed by atoms with E-state index in [1.54, 1.807) is 0 Å². The van der Waals surface area contributed by atoms with Crippen molar-refractivity contribution in [2.75, 3.05) is 0 Å². The molecule has 0 aliphatic rings. The number of allylic oxidation sites excluding steroid dienone is 12. The molecule has 132 valence electrons. The van der Waals surface area contributed by atoms with Crippen LogP contribution in [-0.2, 0) is 4.79 Å². The summed E-state index contributed by atoms with van der Waals surface area (Å²) in [6.07, 6.45) is 32.5. The van der Waals surface area contributed by atoms with Crippen LogP contribution < -0.4 is 0 Å². The minimum Gasteiger partial charge on any atom is -0.481 e. The molecular weight excluding hydrogens is 296 g/mol. The van der Waals surface area contributed by atoms with Crippen molar-refractivity contribution >= 4 is 5.97 Å². The molecule has 0 aromatic carbocycles. The van der Waals surface area contributed by atoms with Gasteiger partial charge >= 0.3 is 5.97 Å². The molecule has 0 saturated carbocycles. The Balaban J connectivity index is 3.51. The Kier molecular flexibility index (Phi) is 17.3. The lowest BCUT2D eigenvalue weighted by molar-refractivity contribution is -0.136. The fourth-order valence-corrected chi connectivity index (χ4v) is 1.85. The van der Waals surface area contributed by atoms with Crippen molar-refractivity contribution in [2.45, 2.75) is 58.3 Å². The van der Waals surface area contributed by atoms with Gasteiger partial charge in [-0.2, -0.15) is 0 Å². The van der Waals surface area contributed by atoms with E-state index in [0.717, 1.165) is 38.5 Å². The second-order valence-electron chi connectivity index (χ2n) is 5.35. The number of carboxylic acid groups (broad SMARTS) is 1. The summed E-state index contributed by atoms with van der Waals surface area (Å²) in [6.45, 7) is 2.15. The van der Waals surface area contributed by atoms with Crippen molar-refractivity contribution in [3.05, 3.63) is 72.9 Å². The van der Waals surface area contributed by atoms with Gasteiger partial charge in [0.05, 0.1) is 0 Å². The molecule has 1 N–H and O–H groups in total. The molecule has 24 heavy (non-hydrogen) atoms. The third-order valence-corrected chi connectivity index (χ3v) is 3.12. The van der Waals surface area contributed by atoms with E-state index in [4.69, 9.17) is 5.11 Å². The normalized spacial score (nSPS) is 13.0. The average molecular weight is 328 g/mol. The van der Waals surface area contributed by atoms with Crippen LogP contribution in [0.4, 0.5) is 0 Å². The first-order chi connectivity index (χ1) is 11.8. The fourth-order valence-electron chi connectivity index (χ4n) is 1.85. The molecule has 2 nitrogen and oxygen atoms in total. The molecule has 0 spiro atoms. The molecule has 0 bridgehead atoms. The van der Waals surface area contributed by atoms with E-state index in [-0.39, 0.29) is 6.42 Å². The van der Waals surface area contributed by atoms with Crippen molar-refractivity contribution in [3.8, 4) is 0 Å². The van der Waals surface area contributed by atoms with Gasteiger partial charge in [0.15, 0.2) is 0 Å². The highest BCUT2D eigenvalue weighted by molar-refractivity contribution is 5.66. The van der Waals surface area contributed by atoms with E-state index in [1.165, 1.54) is 0 Å². The first kappa shape index (κ1) is 21.9. The summed E-state index contributed by atoms with van der Waals surface area (Å²) in [5.74, 6) is -0.741. The van der Waals surface area contributed by atoms with Gasteiger partial charge < -0.3 is 5.11 Å². The molecule has 0 saturated heterocycles. The molecule has 0 amide bonds. The molecule has 0 fully saturated rings. The third kappa shape index (κ3) is 19.9. The number of hydrogen-bond donors (Lipinski definition) is 1. The summed E-state index contributed by atoms with van der Waals surface area (Å²) < 4.78 is 0. The molecule has 0 atom stereocenters. The lowest BCUT2D eigenvalue weighted by atomic mass is 10.2. The summed E-state index contributed by atoms with van der Waals surface area (Å²) >= 11 is 0. The molecule has 0 aromatic rings. The number of carboxylic acids is 1. The Morgan fingerprint density at radius 3 is 1.29 bits per heavy atom. The van der Waals surface area contributed by atoms with Crippen LogP contribution in [0.1, 0.15) is 58.3 Å². The molecule has 2 heteroatoms. The molecule has 0 rings (SSSR count). The van der Waals surface area contributed by atoms with Gasteiger partial charge in [-0.15, -0.1) is 0 Å². The van der Waals surface area contributed by atoms with E-state index < -0.39 is 5.97 Å². The number of aliphatic carboxylic acids is 1. The van der Waals surface area contributed by atoms with Crippen molar-refractivity contribution in [3.63, 3.8) is 0 Å². The quantitative estimate of drug-likeness (QED) is 0.367. The van der Waals surface area contributed by atoms with E-state index >= 15 is 0 Å². The van der Waals surface area contributed by atoms with Crippen LogP contribution in [0.25, 0.3) is 0 Å². The predicted octanol–water partition coefficient (Wildman–Crippen LogP) is 6.55. The molecule has 0 radical (unpaired) electrons. The van der Waals surface area contributed by atoms with Crippen LogP contribution in [0.3, 0.4) is 0 Å². The zero-order valence-electron chi connectivity index (χ0n) is 14.9. The summed E-state index contributed by atoms with van der Waals surface area (Å²) in [4.78, 5) is 10.3. The second kappa shape index (κ2) is 19.0. The third-order valence-electron chi connectivity index (χ3n) is 3.12. The lowest BCUT2D eigenvalue weighted by Crippen LogP contribution is -1.91. The highest BCUT2D eigenvalue weighted by atomic mass is 16.4. The molecule has 0 aliphatic carbocycles. The Labute approximate surface area is 147 Å². The van der Waals surface area contributed by atoms with E-state index in [1.807, 2.05) is 12.2 Å². The van der Waals surface area contributed by atoms with Crippen molar-refractivity contribution in [1.29, 1.82) is 0 Å². The Morgan fingerprint density at radius 2 is 0.958 bits per heavy atom. The van der Waals surface area contributed by atoms with Crippen LogP contribution in [0.2, 0.25) is 0 Å². The molecule has 0 aromatic heterocycles. The zero-order chi connectivity index (χ0) is 17.7. The van der Waals surface area contributed by atoms with Crippen LogP contribution in [0, 0.1) is 0 Å². The minimum atomic E-state index is -0.741. The number of rotatable bonds is 14. The fraction of sp³-hybridized carbons (Fsp3) is 0.409. The van der Waals surface area contributed by atoms with Crippen molar-refractivity contribution in [1.82, 2.24) is 0 Å². The van der Waals surface area contributed by atoms with E-state index in [9.17, 15) is 4.79 Å².